The maximum Gasteiger partial charge on any atom is 0.263 e. The van der Waals surface area contributed by atoms with Gasteiger partial charge in [0.2, 0.25) is 0 Å². The summed E-state index contributed by atoms with van der Waals surface area (Å²) in [6, 6.07) is 8.17. The minimum absolute atomic E-state index is 0.00310. The first-order valence-electron chi connectivity index (χ1n) is 7.79. The zero-order valence-electron chi connectivity index (χ0n) is 13.1. The first-order valence-corrected chi connectivity index (χ1v) is 9.05. The molecule has 122 valence electrons. The van der Waals surface area contributed by atoms with Gasteiger partial charge in [-0.25, -0.2) is 4.98 Å². The lowest BCUT2D eigenvalue weighted by Crippen LogP contribution is -2.47. The number of amides is 1. The number of hydrogen-bond donors (Lipinski definition) is 1. The maximum atomic E-state index is 12.3. The van der Waals surface area contributed by atoms with Crippen LogP contribution in [0.15, 0.2) is 29.8 Å². The van der Waals surface area contributed by atoms with E-state index in [2.05, 4.69) is 27.3 Å². The van der Waals surface area contributed by atoms with Crippen LogP contribution in [0.1, 0.15) is 33.8 Å². The van der Waals surface area contributed by atoms with Crippen LogP contribution in [-0.2, 0) is 6.54 Å². The standard InChI is InChI=1S/C17H20ClN3OS/c1-12-16(23-11-19-12)17(22)20-15-3-2-8-21(10-15)9-13-4-6-14(18)7-5-13/h4-7,11,15H,2-3,8-10H2,1H3,(H,20,22)/t15-/m0/s1. The molecule has 2 aromatic rings. The van der Waals surface area contributed by atoms with Gasteiger partial charge in [-0.15, -0.1) is 11.3 Å². The van der Waals surface area contributed by atoms with Crippen molar-refractivity contribution in [1.29, 1.82) is 0 Å². The zero-order chi connectivity index (χ0) is 16.2. The Labute approximate surface area is 145 Å². The zero-order valence-corrected chi connectivity index (χ0v) is 14.7. The van der Waals surface area contributed by atoms with Gasteiger partial charge >= 0.3 is 0 Å². The fraction of sp³-hybridized carbons (Fsp3) is 0.412. The van der Waals surface area contributed by atoms with Crippen molar-refractivity contribution < 1.29 is 4.79 Å². The van der Waals surface area contributed by atoms with Crippen molar-refractivity contribution in [3.63, 3.8) is 0 Å². The van der Waals surface area contributed by atoms with E-state index in [1.165, 1.54) is 16.9 Å². The number of benzene rings is 1. The number of hydrogen-bond acceptors (Lipinski definition) is 4. The van der Waals surface area contributed by atoms with E-state index in [9.17, 15) is 4.79 Å². The summed E-state index contributed by atoms with van der Waals surface area (Å²) in [5.41, 5.74) is 3.78. The molecule has 1 aliphatic rings. The summed E-state index contributed by atoms with van der Waals surface area (Å²) < 4.78 is 0. The molecular formula is C17H20ClN3OS. The van der Waals surface area contributed by atoms with Crippen molar-refractivity contribution >= 4 is 28.8 Å². The highest BCUT2D eigenvalue weighted by Crippen LogP contribution is 2.17. The highest BCUT2D eigenvalue weighted by atomic mass is 35.5. The van der Waals surface area contributed by atoms with E-state index in [1.54, 1.807) is 5.51 Å². The minimum Gasteiger partial charge on any atom is -0.347 e. The van der Waals surface area contributed by atoms with Crippen molar-refractivity contribution in [2.45, 2.75) is 32.4 Å². The van der Waals surface area contributed by atoms with Crippen molar-refractivity contribution in [1.82, 2.24) is 15.2 Å². The highest BCUT2D eigenvalue weighted by Gasteiger charge is 2.23. The van der Waals surface area contributed by atoms with Crippen molar-refractivity contribution in [2.75, 3.05) is 13.1 Å². The lowest BCUT2D eigenvalue weighted by molar-refractivity contribution is 0.0904. The molecule has 1 atom stereocenters. The smallest absolute Gasteiger partial charge is 0.263 e. The Morgan fingerprint density at radius 1 is 1.43 bits per heavy atom. The molecule has 1 aromatic heterocycles. The number of thiazole rings is 1. The summed E-state index contributed by atoms with van der Waals surface area (Å²) >= 11 is 7.33. The van der Waals surface area contributed by atoms with Gasteiger partial charge in [-0.3, -0.25) is 9.69 Å². The molecule has 1 aliphatic heterocycles. The molecule has 4 nitrogen and oxygen atoms in total. The summed E-state index contributed by atoms with van der Waals surface area (Å²) in [6.45, 7) is 4.71. The summed E-state index contributed by atoms with van der Waals surface area (Å²) in [5, 5.41) is 3.92. The molecule has 1 amide bonds. The van der Waals surface area contributed by atoms with Crippen LogP contribution in [0, 0.1) is 6.92 Å². The van der Waals surface area contributed by atoms with Crippen LogP contribution in [0.4, 0.5) is 0 Å². The van der Waals surface area contributed by atoms with Gasteiger partial charge in [-0.1, -0.05) is 23.7 Å². The summed E-state index contributed by atoms with van der Waals surface area (Å²) in [7, 11) is 0. The second-order valence-electron chi connectivity index (χ2n) is 5.94. The highest BCUT2D eigenvalue weighted by molar-refractivity contribution is 7.11. The Morgan fingerprint density at radius 2 is 2.22 bits per heavy atom. The lowest BCUT2D eigenvalue weighted by atomic mass is 10.0. The number of aromatic nitrogens is 1. The van der Waals surface area contributed by atoms with Gasteiger partial charge in [0.25, 0.3) is 5.91 Å². The van der Waals surface area contributed by atoms with Gasteiger partial charge < -0.3 is 5.32 Å². The van der Waals surface area contributed by atoms with Gasteiger partial charge in [-0.05, 0) is 44.0 Å². The third-order valence-corrected chi connectivity index (χ3v) is 5.29. The number of carbonyl (C=O) groups excluding carboxylic acids is 1. The second-order valence-corrected chi connectivity index (χ2v) is 7.23. The molecule has 0 bridgehead atoms. The van der Waals surface area contributed by atoms with Crippen molar-refractivity contribution in [3.05, 3.63) is 50.9 Å². The first-order chi connectivity index (χ1) is 11.1. The molecule has 1 N–H and O–H groups in total. The monoisotopic (exact) mass is 349 g/mol. The molecular weight excluding hydrogens is 330 g/mol. The Bertz CT molecular complexity index is 671. The predicted octanol–water partition coefficient (Wildman–Crippen LogP) is 3.50. The summed E-state index contributed by atoms with van der Waals surface area (Å²) in [5.74, 6) is 0.00310. The van der Waals surface area contributed by atoms with Crippen LogP contribution in [0.25, 0.3) is 0 Å². The van der Waals surface area contributed by atoms with Crippen LogP contribution >= 0.6 is 22.9 Å². The van der Waals surface area contributed by atoms with Crippen LogP contribution in [-0.4, -0.2) is 34.9 Å². The number of halogens is 1. The third kappa shape index (κ3) is 4.31. The first kappa shape index (κ1) is 16.4. The number of carbonyl (C=O) groups is 1. The van der Waals surface area contributed by atoms with E-state index in [0.29, 0.717) is 0 Å². The Kier molecular flexibility index (Phi) is 5.30. The molecule has 0 saturated carbocycles. The molecule has 23 heavy (non-hydrogen) atoms. The predicted molar refractivity (Wildman–Crippen MR) is 94.1 cm³/mol. The maximum absolute atomic E-state index is 12.3. The summed E-state index contributed by atoms with van der Waals surface area (Å²) in [6.07, 6.45) is 2.13. The van der Waals surface area contributed by atoms with Gasteiger partial charge in [-0.2, -0.15) is 0 Å². The van der Waals surface area contributed by atoms with Crippen LogP contribution in [0.3, 0.4) is 0 Å². The Hall–Kier alpha value is -1.43. The van der Waals surface area contributed by atoms with Gasteiger partial charge in [0.15, 0.2) is 0 Å². The van der Waals surface area contributed by atoms with E-state index in [1.807, 2.05) is 19.1 Å². The van der Waals surface area contributed by atoms with Crippen molar-refractivity contribution in [3.8, 4) is 0 Å². The molecule has 3 rings (SSSR count). The van der Waals surface area contributed by atoms with E-state index in [-0.39, 0.29) is 11.9 Å². The van der Waals surface area contributed by atoms with Crippen LogP contribution < -0.4 is 5.32 Å². The fourth-order valence-electron chi connectivity index (χ4n) is 2.94. The Morgan fingerprint density at radius 3 is 2.91 bits per heavy atom. The van der Waals surface area contributed by atoms with Crippen molar-refractivity contribution in [2.24, 2.45) is 0 Å². The SMILES string of the molecule is Cc1ncsc1C(=O)N[C@H]1CCCN(Cc2ccc(Cl)cc2)C1. The van der Waals surface area contributed by atoms with Gasteiger partial charge in [0, 0.05) is 24.2 Å². The number of aryl methyl sites for hydroxylation is 1. The average molecular weight is 350 g/mol. The normalized spacial score (nSPS) is 18.8. The largest absolute Gasteiger partial charge is 0.347 e. The van der Waals surface area contributed by atoms with E-state index in [0.717, 1.165) is 48.1 Å². The molecule has 1 saturated heterocycles. The Balaban J connectivity index is 1.56. The molecule has 2 heterocycles. The molecule has 6 heteroatoms. The molecule has 0 unspecified atom stereocenters. The number of piperidine rings is 1. The molecule has 1 aromatic carbocycles. The van der Waals surface area contributed by atoms with Crippen LogP contribution in [0.5, 0.6) is 0 Å². The fourth-order valence-corrected chi connectivity index (χ4v) is 3.77. The number of likely N-dealkylation sites (tertiary alicyclic amines) is 1. The quantitative estimate of drug-likeness (QED) is 0.918. The van der Waals surface area contributed by atoms with Gasteiger partial charge in [0.1, 0.15) is 4.88 Å². The van der Waals surface area contributed by atoms with Gasteiger partial charge in [0.05, 0.1) is 11.2 Å². The second kappa shape index (κ2) is 7.43. The molecule has 0 radical (unpaired) electrons. The molecule has 0 aliphatic carbocycles. The summed E-state index contributed by atoms with van der Waals surface area (Å²) in [4.78, 5) is 19.6. The minimum atomic E-state index is 0.00310. The molecule has 0 spiro atoms. The van der Waals surface area contributed by atoms with Crippen LogP contribution in [0.2, 0.25) is 5.02 Å². The topological polar surface area (TPSA) is 45.2 Å². The van der Waals surface area contributed by atoms with E-state index in [4.69, 9.17) is 11.6 Å². The molecule has 1 fully saturated rings. The number of nitrogens with one attached hydrogen (secondary N) is 1. The average Bonchev–Trinajstić information content (AvgIpc) is 2.96. The lowest BCUT2D eigenvalue weighted by Gasteiger charge is -2.33. The third-order valence-electron chi connectivity index (χ3n) is 4.11. The van der Waals surface area contributed by atoms with E-state index >= 15 is 0 Å². The number of nitrogens with zero attached hydrogens (tertiary/aromatic N) is 2. The number of rotatable bonds is 4. The van der Waals surface area contributed by atoms with E-state index < -0.39 is 0 Å².